The summed E-state index contributed by atoms with van der Waals surface area (Å²) in [6.07, 6.45) is -2.65. The van der Waals surface area contributed by atoms with E-state index in [0.29, 0.717) is 19.3 Å². The molecule has 0 saturated carbocycles. The van der Waals surface area contributed by atoms with Crippen LogP contribution in [0.15, 0.2) is 24.3 Å². The van der Waals surface area contributed by atoms with Crippen molar-refractivity contribution < 1.29 is 22.7 Å². The fraction of sp³-hybridized carbons (Fsp3) is 0.500. The van der Waals surface area contributed by atoms with E-state index in [1.807, 2.05) is 6.92 Å². The fourth-order valence-electron chi connectivity index (χ4n) is 1.74. The maximum absolute atomic E-state index is 12.7. The fourth-order valence-corrected chi connectivity index (χ4v) is 1.74. The summed E-state index contributed by atoms with van der Waals surface area (Å²) in [4.78, 5) is 11.1. The molecule has 1 rings (SSSR count). The van der Waals surface area contributed by atoms with Gasteiger partial charge < -0.3 is 4.74 Å². The summed E-state index contributed by atoms with van der Waals surface area (Å²) in [6, 6.07) is 5.47. The summed E-state index contributed by atoms with van der Waals surface area (Å²) in [7, 11) is 0. The first kappa shape index (κ1) is 15.5. The van der Waals surface area contributed by atoms with E-state index in [0.717, 1.165) is 6.07 Å². The number of aryl methyl sites for hydroxylation is 1. The highest BCUT2D eigenvalue weighted by Crippen LogP contribution is 2.32. The highest BCUT2D eigenvalue weighted by atomic mass is 19.4. The van der Waals surface area contributed by atoms with Crippen LogP contribution in [0.1, 0.15) is 37.3 Å². The van der Waals surface area contributed by atoms with Crippen LogP contribution in [0, 0.1) is 0 Å². The van der Waals surface area contributed by atoms with E-state index < -0.39 is 11.7 Å². The van der Waals surface area contributed by atoms with Gasteiger partial charge in [0.1, 0.15) is 0 Å². The molecule has 19 heavy (non-hydrogen) atoms. The van der Waals surface area contributed by atoms with Crippen LogP contribution in [0.3, 0.4) is 0 Å². The summed E-state index contributed by atoms with van der Waals surface area (Å²) in [5.74, 6) is -0.299. The summed E-state index contributed by atoms with van der Waals surface area (Å²) in [5, 5.41) is 0. The number of hydrogen-bond donors (Lipinski definition) is 0. The third-order valence-corrected chi connectivity index (χ3v) is 2.63. The number of carbonyl (C=O) groups excluding carboxylic acids is 1. The summed E-state index contributed by atoms with van der Waals surface area (Å²) in [5.41, 5.74) is -0.378. The molecular formula is C14H17F3O2. The van der Waals surface area contributed by atoms with Crippen LogP contribution in [-0.2, 0) is 22.1 Å². The average molecular weight is 274 g/mol. The van der Waals surface area contributed by atoms with Gasteiger partial charge in [0.05, 0.1) is 12.2 Å². The molecule has 0 radical (unpaired) electrons. The van der Waals surface area contributed by atoms with Gasteiger partial charge in [-0.1, -0.05) is 25.1 Å². The van der Waals surface area contributed by atoms with Crippen molar-refractivity contribution >= 4 is 5.97 Å². The monoisotopic (exact) mass is 274 g/mol. The summed E-state index contributed by atoms with van der Waals surface area (Å²) >= 11 is 0. The molecule has 106 valence electrons. The Morgan fingerprint density at radius 1 is 1.26 bits per heavy atom. The highest BCUT2D eigenvalue weighted by Gasteiger charge is 2.32. The number of alkyl halides is 3. The van der Waals surface area contributed by atoms with E-state index >= 15 is 0 Å². The van der Waals surface area contributed by atoms with Crippen molar-refractivity contribution in [2.75, 3.05) is 6.61 Å². The topological polar surface area (TPSA) is 26.3 Å². The van der Waals surface area contributed by atoms with Crippen LogP contribution in [-0.4, -0.2) is 12.6 Å². The molecule has 0 bridgehead atoms. The molecule has 0 aliphatic carbocycles. The Morgan fingerprint density at radius 3 is 2.58 bits per heavy atom. The number of hydrogen-bond acceptors (Lipinski definition) is 2. The number of carbonyl (C=O) groups is 1. The third-order valence-electron chi connectivity index (χ3n) is 2.63. The van der Waals surface area contributed by atoms with Crippen molar-refractivity contribution in [1.29, 1.82) is 0 Å². The number of halogens is 3. The van der Waals surface area contributed by atoms with Gasteiger partial charge in [0.15, 0.2) is 0 Å². The normalized spacial score (nSPS) is 11.4. The Morgan fingerprint density at radius 2 is 1.95 bits per heavy atom. The predicted octanol–water partition coefficient (Wildman–Crippen LogP) is 3.98. The SMILES string of the molecule is CCCC(=O)OCCCc1ccccc1C(F)(F)F. The van der Waals surface area contributed by atoms with Crippen LogP contribution >= 0.6 is 0 Å². The molecule has 0 amide bonds. The zero-order valence-electron chi connectivity index (χ0n) is 10.8. The zero-order chi connectivity index (χ0) is 14.3. The van der Waals surface area contributed by atoms with Crippen molar-refractivity contribution in [3.05, 3.63) is 35.4 Å². The second-order valence-electron chi connectivity index (χ2n) is 4.23. The average Bonchev–Trinajstić information content (AvgIpc) is 2.34. The lowest BCUT2D eigenvalue weighted by Gasteiger charge is -2.12. The molecule has 1 aromatic carbocycles. The molecule has 0 aliphatic rings. The molecule has 0 fully saturated rings. The van der Waals surface area contributed by atoms with Crippen molar-refractivity contribution in [2.24, 2.45) is 0 Å². The van der Waals surface area contributed by atoms with E-state index in [9.17, 15) is 18.0 Å². The molecule has 1 aromatic rings. The van der Waals surface area contributed by atoms with Gasteiger partial charge in [-0.3, -0.25) is 4.79 Å². The van der Waals surface area contributed by atoms with Crippen LogP contribution in [0.4, 0.5) is 13.2 Å². The smallest absolute Gasteiger partial charge is 0.416 e. The minimum Gasteiger partial charge on any atom is -0.466 e. The minimum absolute atomic E-state index is 0.158. The molecule has 0 atom stereocenters. The van der Waals surface area contributed by atoms with Gasteiger partial charge in [-0.25, -0.2) is 0 Å². The van der Waals surface area contributed by atoms with E-state index in [4.69, 9.17) is 4.74 Å². The maximum Gasteiger partial charge on any atom is 0.416 e. The first-order chi connectivity index (χ1) is 8.95. The molecule has 0 aromatic heterocycles. The zero-order valence-corrected chi connectivity index (χ0v) is 10.8. The van der Waals surface area contributed by atoms with Crippen molar-refractivity contribution in [3.63, 3.8) is 0 Å². The lowest BCUT2D eigenvalue weighted by atomic mass is 10.0. The molecule has 0 heterocycles. The standard InChI is InChI=1S/C14H17F3O2/c1-2-6-13(18)19-10-5-8-11-7-3-4-9-12(11)14(15,16)17/h3-4,7,9H,2,5-6,8,10H2,1H3. The van der Waals surface area contributed by atoms with Crippen molar-refractivity contribution in [2.45, 2.75) is 38.8 Å². The van der Waals surface area contributed by atoms with Gasteiger partial charge in [-0.05, 0) is 30.9 Å². The quantitative estimate of drug-likeness (QED) is 0.579. The lowest BCUT2D eigenvalue weighted by molar-refractivity contribution is -0.144. The van der Waals surface area contributed by atoms with E-state index in [2.05, 4.69) is 0 Å². The molecule has 0 saturated heterocycles. The van der Waals surface area contributed by atoms with Gasteiger partial charge >= 0.3 is 12.1 Å². The predicted molar refractivity (Wildman–Crippen MR) is 65.6 cm³/mol. The maximum atomic E-state index is 12.7. The Kier molecular flexibility index (Phi) is 5.86. The van der Waals surface area contributed by atoms with Gasteiger partial charge in [0, 0.05) is 6.42 Å². The minimum atomic E-state index is -4.34. The number of ether oxygens (including phenoxy) is 1. The second-order valence-corrected chi connectivity index (χ2v) is 4.23. The Labute approximate surface area is 110 Å². The van der Waals surface area contributed by atoms with Crippen molar-refractivity contribution in [1.82, 2.24) is 0 Å². The van der Waals surface area contributed by atoms with Crippen molar-refractivity contribution in [3.8, 4) is 0 Å². The van der Waals surface area contributed by atoms with Gasteiger partial charge in [0.25, 0.3) is 0 Å². The second kappa shape index (κ2) is 7.16. The van der Waals surface area contributed by atoms with Crippen LogP contribution in [0.5, 0.6) is 0 Å². The molecule has 0 N–H and O–H groups in total. The molecule has 0 spiro atoms. The summed E-state index contributed by atoms with van der Waals surface area (Å²) < 4.78 is 43.0. The number of esters is 1. The first-order valence-corrected chi connectivity index (χ1v) is 6.26. The molecule has 0 aliphatic heterocycles. The van der Waals surface area contributed by atoms with E-state index in [1.165, 1.54) is 12.1 Å². The summed E-state index contributed by atoms with van der Waals surface area (Å²) in [6.45, 7) is 2.02. The molecule has 5 heteroatoms. The Bertz CT molecular complexity index is 413. The Hall–Kier alpha value is -1.52. The van der Waals surface area contributed by atoms with Gasteiger partial charge in [0.2, 0.25) is 0 Å². The van der Waals surface area contributed by atoms with E-state index in [1.54, 1.807) is 6.07 Å². The molecule has 2 nitrogen and oxygen atoms in total. The van der Waals surface area contributed by atoms with Gasteiger partial charge in [-0.15, -0.1) is 0 Å². The lowest BCUT2D eigenvalue weighted by Crippen LogP contribution is -2.10. The number of benzene rings is 1. The van der Waals surface area contributed by atoms with Crippen LogP contribution in [0.2, 0.25) is 0 Å². The number of rotatable bonds is 6. The first-order valence-electron chi connectivity index (χ1n) is 6.26. The largest absolute Gasteiger partial charge is 0.466 e. The van der Waals surface area contributed by atoms with Gasteiger partial charge in [-0.2, -0.15) is 13.2 Å². The Balaban J connectivity index is 2.48. The van der Waals surface area contributed by atoms with E-state index in [-0.39, 0.29) is 24.6 Å². The third kappa shape index (κ3) is 5.32. The molecular weight excluding hydrogens is 257 g/mol. The highest BCUT2D eigenvalue weighted by molar-refractivity contribution is 5.69. The molecule has 0 unspecified atom stereocenters. The van der Waals surface area contributed by atoms with Crippen LogP contribution in [0.25, 0.3) is 0 Å². The van der Waals surface area contributed by atoms with Crippen LogP contribution < -0.4 is 0 Å².